The average Bonchev–Trinajstić information content (AvgIpc) is 2.86. The fourth-order valence-electron chi connectivity index (χ4n) is 2.22. The molecule has 4 nitrogen and oxygen atoms in total. The first-order valence-electron chi connectivity index (χ1n) is 5.32. The molecule has 0 amide bonds. The first-order valence-corrected chi connectivity index (χ1v) is 6.91. The number of aromatic nitrogens is 4. The number of pyridine rings is 2. The number of fused-ring (bicyclic) bond motifs is 5. The monoisotopic (exact) mass is 364 g/mol. The predicted molar refractivity (Wildman–Crippen MR) is 78.7 cm³/mol. The van der Waals surface area contributed by atoms with Crippen LogP contribution in [0.1, 0.15) is 0 Å². The SMILES string of the molecule is Brc1cnc2[nH]c3c4cc(Br)cnc4[nH]c3c2c1. The molecular weight excluding hydrogens is 360 g/mol. The summed E-state index contributed by atoms with van der Waals surface area (Å²) in [6.45, 7) is 0. The molecule has 0 bridgehead atoms. The summed E-state index contributed by atoms with van der Waals surface area (Å²) in [5.41, 5.74) is 3.83. The van der Waals surface area contributed by atoms with Crippen LogP contribution in [0.5, 0.6) is 0 Å². The van der Waals surface area contributed by atoms with Gasteiger partial charge in [-0.25, -0.2) is 9.97 Å². The van der Waals surface area contributed by atoms with Crippen molar-refractivity contribution in [2.45, 2.75) is 0 Å². The van der Waals surface area contributed by atoms with Gasteiger partial charge in [0.15, 0.2) is 0 Å². The van der Waals surface area contributed by atoms with E-state index in [1.165, 1.54) is 0 Å². The Balaban J connectivity index is 2.26. The smallest absolute Gasteiger partial charge is 0.139 e. The Morgan fingerprint density at radius 3 is 1.67 bits per heavy atom. The van der Waals surface area contributed by atoms with Gasteiger partial charge in [-0.2, -0.15) is 0 Å². The van der Waals surface area contributed by atoms with Crippen molar-refractivity contribution in [2.75, 3.05) is 0 Å². The number of nitrogens with zero attached hydrogens (tertiary/aromatic N) is 2. The molecular formula is C12H6Br2N4. The zero-order valence-corrected chi connectivity index (χ0v) is 12.1. The minimum Gasteiger partial charge on any atom is -0.337 e. The minimum atomic E-state index is 0.876. The van der Waals surface area contributed by atoms with Gasteiger partial charge >= 0.3 is 0 Å². The lowest BCUT2D eigenvalue weighted by Crippen LogP contribution is -1.79. The maximum absolute atomic E-state index is 4.36. The van der Waals surface area contributed by atoms with Crippen molar-refractivity contribution >= 4 is 65.0 Å². The number of halogens is 2. The highest BCUT2D eigenvalue weighted by Gasteiger charge is 2.12. The molecule has 0 aliphatic heterocycles. The van der Waals surface area contributed by atoms with Crippen molar-refractivity contribution in [1.82, 2.24) is 19.9 Å². The summed E-state index contributed by atoms with van der Waals surface area (Å²) in [7, 11) is 0. The summed E-state index contributed by atoms with van der Waals surface area (Å²) in [5.74, 6) is 0. The molecule has 4 rings (SSSR count). The molecule has 4 aromatic heterocycles. The van der Waals surface area contributed by atoms with E-state index in [1.54, 1.807) is 12.4 Å². The number of hydrogen-bond acceptors (Lipinski definition) is 2. The first kappa shape index (κ1) is 10.5. The highest BCUT2D eigenvalue weighted by Crippen LogP contribution is 2.31. The van der Waals surface area contributed by atoms with Crippen molar-refractivity contribution in [3.8, 4) is 0 Å². The van der Waals surface area contributed by atoms with Crippen LogP contribution in [0.15, 0.2) is 33.5 Å². The van der Waals surface area contributed by atoms with Gasteiger partial charge in [-0.15, -0.1) is 0 Å². The van der Waals surface area contributed by atoms with Crippen LogP contribution in [-0.2, 0) is 0 Å². The largest absolute Gasteiger partial charge is 0.337 e. The van der Waals surface area contributed by atoms with Crippen LogP contribution in [0.4, 0.5) is 0 Å². The molecule has 0 saturated carbocycles. The maximum Gasteiger partial charge on any atom is 0.139 e. The van der Waals surface area contributed by atoms with Crippen LogP contribution in [-0.4, -0.2) is 19.9 Å². The second kappa shape index (κ2) is 3.55. The van der Waals surface area contributed by atoms with Crippen LogP contribution in [0.3, 0.4) is 0 Å². The summed E-state index contributed by atoms with van der Waals surface area (Å²) in [6.07, 6.45) is 3.57. The molecule has 88 valence electrons. The highest BCUT2D eigenvalue weighted by molar-refractivity contribution is 9.10. The molecule has 0 atom stereocenters. The van der Waals surface area contributed by atoms with E-state index in [1.807, 2.05) is 12.1 Å². The fraction of sp³-hybridized carbons (Fsp3) is 0. The van der Waals surface area contributed by atoms with Gasteiger partial charge in [0, 0.05) is 32.1 Å². The normalized spacial score (nSPS) is 11.9. The lowest BCUT2D eigenvalue weighted by atomic mass is 10.3. The van der Waals surface area contributed by atoms with Crippen molar-refractivity contribution in [2.24, 2.45) is 0 Å². The van der Waals surface area contributed by atoms with Gasteiger partial charge in [0.05, 0.1) is 11.0 Å². The van der Waals surface area contributed by atoms with Crippen molar-refractivity contribution in [1.29, 1.82) is 0 Å². The van der Waals surface area contributed by atoms with Gasteiger partial charge in [0.1, 0.15) is 11.3 Å². The standard InChI is InChI=1S/C12H6Br2N4/c13-5-1-7-9-10(18-11(7)15-3-5)8-2-6(14)4-16-12(8)17-9/h1-4H,(H,15,18)(H,16,17). The van der Waals surface area contributed by atoms with E-state index < -0.39 is 0 Å². The number of aromatic amines is 2. The molecule has 6 heteroatoms. The van der Waals surface area contributed by atoms with Crippen molar-refractivity contribution in [3.63, 3.8) is 0 Å². The lowest BCUT2D eigenvalue weighted by Gasteiger charge is -1.92. The van der Waals surface area contributed by atoms with E-state index in [9.17, 15) is 0 Å². The van der Waals surface area contributed by atoms with Crippen LogP contribution in [0.2, 0.25) is 0 Å². The summed E-state index contributed by atoms with van der Waals surface area (Å²) in [4.78, 5) is 15.4. The molecule has 0 saturated heterocycles. The lowest BCUT2D eigenvalue weighted by molar-refractivity contribution is 1.32. The Bertz CT molecular complexity index is 831. The van der Waals surface area contributed by atoms with Crippen LogP contribution >= 0.6 is 31.9 Å². The summed E-state index contributed by atoms with van der Waals surface area (Å²) in [6, 6.07) is 4.09. The molecule has 0 radical (unpaired) electrons. The summed E-state index contributed by atoms with van der Waals surface area (Å²) >= 11 is 6.89. The van der Waals surface area contributed by atoms with Crippen molar-refractivity contribution < 1.29 is 0 Å². The second-order valence-corrected chi connectivity index (χ2v) is 5.93. The van der Waals surface area contributed by atoms with E-state index in [4.69, 9.17) is 0 Å². The molecule has 4 heterocycles. The maximum atomic E-state index is 4.36. The second-order valence-electron chi connectivity index (χ2n) is 4.10. The van der Waals surface area contributed by atoms with Gasteiger partial charge in [0.25, 0.3) is 0 Å². The van der Waals surface area contributed by atoms with E-state index in [-0.39, 0.29) is 0 Å². The molecule has 0 spiro atoms. The Morgan fingerprint density at radius 1 is 0.778 bits per heavy atom. The molecule has 0 fully saturated rings. The van der Waals surface area contributed by atoms with Gasteiger partial charge in [-0.05, 0) is 44.0 Å². The minimum absolute atomic E-state index is 0.876. The van der Waals surface area contributed by atoms with Gasteiger partial charge < -0.3 is 9.97 Å². The number of H-pyrrole nitrogens is 2. The fourth-order valence-corrected chi connectivity index (χ4v) is 2.89. The summed E-state index contributed by atoms with van der Waals surface area (Å²) in [5, 5.41) is 2.13. The van der Waals surface area contributed by atoms with Gasteiger partial charge in [-0.1, -0.05) is 0 Å². The molecule has 18 heavy (non-hydrogen) atoms. The zero-order chi connectivity index (χ0) is 12.3. The Hall–Kier alpha value is -1.40. The van der Waals surface area contributed by atoms with E-state index in [2.05, 4.69) is 51.8 Å². The van der Waals surface area contributed by atoms with Gasteiger partial charge in [-0.3, -0.25) is 0 Å². The third-order valence-electron chi connectivity index (χ3n) is 2.98. The molecule has 4 aromatic rings. The predicted octanol–water partition coefficient (Wildman–Crippen LogP) is 4.12. The molecule has 0 aromatic carbocycles. The number of rotatable bonds is 0. The quantitative estimate of drug-likeness (QED) is 0.492. The number of hydrogen-bond donors (Lipinski definition) is 2. The Morgan fingerprint density at radius 2 is 1.22 bits per heavy atom. The van der Waals surface area contributed by atoms with E-state index in [0.717, 1.165) is 42.0 Å². The Labute approximate surface area is 118 Å². The Kier molecular flexibility index (Phi) is 2.07. The van der Waals surface area contributed by atoms with E-state index >= 15 is 0 Å². The third kappa shape index (κ3) is 1.36. The first-order chi connectivity index (χ1) is 8.72. The number of nitrogens with one attached hydrogen (secondary N) is 2. The third-order valence-corrected chi connectivity index (χ3v) is 3.85. The van der Waals surface area contributed by atoms with Crippen molar-refractivity contribution in [3.05, 3.63) is 33.5 Å². The zero-order valence-electron chi connectivity index (χ0n) is 8.96. The van der Waals surface area contributed by atoms with Crippen LogP contribution in [0, 0.1) is 0 Å². The van der Waals surface area contributed by atoms with Crippen LogP contribution < -0.4 is 0 Å². The highest BCUT2D eigenvalue weighted by atomic mass is 79.9. The van der Waals surface area contributed by atoms with E-state index in [0.29, 0.717) is 0 Å². The average molecular weight is 366 g/mol. The molecule has 0 unspecified atom stereocenters. The summed E-state index contributed by atoms with van der Waals surface area (Å²) < 4.78 is 1.92. The molecule has 0 aliphatic carbocycles. The van der Waals surface area contributed by atoms with Crippen LogP contribution in [0.25, 0.3) is 33.1 Å². The molecule has 0 aliphatic rings. The topological polar surface area (TPSA) is 57.4 Å². The molecule has 2 N–H and O–H groups in total. The van der Waals surface area contributed by atoms with Gasteiger partial charge in [0.2, 0.25) is 0 Å².